The Kier molecular flexibility index (Phi) is 3.81. The Morgan fingerprint density at radius 3 is 2.82 bits per heavy atom. The van der Waals surface area contributed by atoms with Gasteiger partial charge in [0, 0.05) is 6.20 Å². The van der Waals surface area contributed by atoms with E-state index in [0.717, 1.165) is 0 Å². The van der Waals surface area contributed by atoms with Gasteiger partial charge in [-0.05, 0) is 30.7 Å². The second-order valence-electron chi connectivity index (χ2n) is 4.77. The van der Waals surface area contributed by atoms with Gasteiger partial charge in [-0.25, -0.2) is 9.37 Å². The number of para-hydroxylation sites is 1. The molecule has 3 aromatic rings. The smallest absolute Gasteiger partial charge is 0.274 e. The molecule has 0 saturated heterocycles. The highest BCUT2D eigenvalue weighted by atomic mass is 35.5. The molecule has 0 fully saturated rings. The predicted octanol–water partition coefficient (Wildman–Crippen LogP) is 3.94. The summed E-state index contributed by atoms with van der Waals surface area (Å²) in [5.74, 6) is -0.905. The van der Waals surface area contributed by atoms with Crippen molar-refractivity contribution in [1.82, 2.24) is 9.38 Å². The van der Waals surface area contributed by atoms with Crippen LogP contribution in [0, 0.1) is 5.82 Å². The number of pyridine rings is 1. The van der Waals surface area contributed by atoms with Crippen molar-refractivity contribution in [2.75, 3.05) is 5.32 Å². The molecule has 0 unspecified atom stereocenters. The molecule has 0 aliphatic rings. The zero-order chi connectivity index (χ0) is 15.7. The summed E-state index contributed by atoms with van der Waals surface area (Å²) in [4.78, 5) is 17.0. The van der Waals surface area contributed by atoms with E-state index < -0.39 is 11.7 Å². The average Bonchev–Trinajstić information content (AvgIpc) is 2.87. The summed E-state index contributed by atoms with van der Waals surface area (Å²) >= 11 is 5.99. The largest absolute Gasteiger partial charge is 0.318 e. The number of fused-ring (bicyclic) bond motifs is 1. The van der Waals surface area contributed by atoms with E-state index in [1.807, 2.05) is 6.92 Å². The maximum atomic E-state index is 13.7. The number of hydrogen-bond donors (Lipinski definition) is 1. The van der Waals surface area contributed by atoms with Crippen LogP contribution < -0.4 is 5.32 Å². The molecular weight excluding hydrogens is 305 g/mol. The van der Waals surface area contributed by atoms with Crippen LogP contribution in [0.1, 0.15) is 23.1 Å². The number of rotatable bonds is 3. The van der Waals surface area contributed by atoms with Crippen molar-refractivity contribution in [2.45, 2.75) is 13.3 Å². The topological polar surface area (TPSA) is 46.4 Å². The Morgan fingerprint density at radius 2 is 2.09 bits per heavy atom. The average molecular weight is 318 g/mol. The van der Waals surface area contributed by atoms with Gasteiger partial charge in [-0.3, -0.25) is 9.20 Å². The molecule has 3 rings (SSSR count). The quantitative estimate of drug-likeness (QED) is 0.795. The van der Waals surface area contributed by atoms with Crippen molar-refractivity contribution in [3.8, 4) is 0 Å². The van der Waals surface area contributed by atoms with E-state index in [0.29, 0.717) is 28.5 Å². The van der Waals surface area contributed by atoms with Gasteiger partial charge in [-0.2, -0.15) is 0 Å². The SMILES string of the molecule is CCc1nc2ccc(Cl)cn2c1C(=O)Nc1ccccc1F. The first-order valence-electron chi connectivity index (χ1n) is 6.82. The highest BCUT2D eigenvalue weighted by Gasteiger charge is 2.19. The fourth-order valence-corrected chi connectivity index (χ4v) is 2.46. The highest BCUT2D eigenvalue weighted by molar-refractivity contribution is 6.30. The number of nitrogens with one attached hydrogen (secondary N) is 1. The van der Waals surface area contributed by atoms with Crippen LogP contribution in [0.25, 0.3) is 5.65 Å². The summed E-state index contributed by atoms with van der Waals surface area (Å²) in [7, 11) is 0. The number of anilines is 1. The first-order chi connectivity index (χ1) is 10.6. The minimum atomic E-state index is -0.485. The number of hydrogen-bond acceptors (Lipinski definition) is 2. The molecule has 6 heteroatoms. The molecule has 0 aliphatic carbocycles. The third-order valence-electron chi connectivity index (χ3n) is 3.33. The molecule has 1 N–H and O–H groups in total. The lowest BCUT2D eigenvalue weighted by Crippen LogP contribution is -2.17. The third kappa shape index (κ3) is 2.55. The molecule has 2 aromatic heterocycles. The van der Waals surface area contributed by atoms with E-state index in [2.05, 4.69) is 10.3 Å². The van der Waals surface area contributed by atoms with Gasteiger partial charge in [-0.1, -0.05) is 30.7 Å². The Labute approximate surface area is 131 Å². The number of aromatic nitrogens is 2. The molecule has 0 saturated carbocycles. The van der Waals surface area contributed by atoms with Crippen LogP contribution in [0.2, 0.25) is 5.02 Å². The lowest BCUT2D eigenvalue weighted by atomic mass is 10.2. The number of amides is 1. The standard InChI is InChI=1S/C16H13ClFN3O/c1-2-12-15(21-9-10(17)7-8-14(21)19-12)16(22)20-13-6-4-3-5-11(13)18/h3-9H,2H2,1H3,(H,20,22). The number of halogens is 2. The lowest BCUT2D eigenvalue weighted by Gasteiger charge is -2.07. The summed E-state index contributed by atoms with van der Waals surface area (Å²) in [6, 6.07) is 9.47. The van der Waals surface area contributed by atoms with Gasteiger partial charge in [0.25, 0.3) is 5.91 Å². The van der Waals surface area contributed by atoms with E-state index in [9.17, 15) is 9.18 Å². The summed E-state index contributed by atoms with van der Waals surface area (Å²) in [5.41, 5.74) is 1.76. The lowest BCUT2D eigenvalue weighted by molar-refractivity contribution is 0.102. The number of aryl methyl sites for hydroxylation is 1. The fraction of sp³-hybridized carbons (Fsp3) is 0.125. The summed E-state index contributed by atoms with van der Waals surface area (Å²) < 4.78 is 15.3. The van der Waals surface area contributed by atoms with E-state index in [-0.39, 0.29) is 5.69 Å². The van der Waals surface area contributed by atoms with Crippen molar-refractivity contribution in [3.63, 3.8) is 0 Å². The first kappa shape index (κ1) is 14.5. The monoisotopic (exact) mass is 317 g/mol. The Hall–Kier alpha value is -2.40. The van der Waals surface area contributed by atoms with E-state index in [1.54, 1.807) is 34.9 Å². The number of imidazole rings is 1. The maximum absolute atomic E-state index is 13.7. The number of carbonyl (C=O) groups excluding carboxylic acids is 1. The fourth-order valence-electron chi connectivity index (χ4n) is 2.30. The molecule has 0 radical (unpaired) electrons. The molecular formula is C16H13ClFN3O. The van der Waals surface area contributed by atoms with Crippen molar-refractivity contribution in [3.05, 3.63) is 64.8 Å². The van der Waals surface area contributed by atoms with Gasteiger partial charge in [0.15, 0.2) is 0 Å². The minimum Gasteiger partial charge on any atom is -0.318 e. The number of benzene rings is 1. The van der Waals surface area contributed by atoms with Crippen LogP contribution in [-0.4, -0.2) is 15.3 Å². The Balaban J connectivity index is 2.06. The predicted molar refractivity (Wildman–Crippen MR) is 83.9 cm³/mol. The highest BCUT2D eigenvalue weighted by Crippen LogP contribution is 2.20. The molecule has 0 spiro atoms. The van der Waals surface area contributed by atoms with Gasteiger partial charge >= 0.3 is 0 Å². The Bertz CT molecular complexity index is 860. The van der Waals surface area contributed by atoms with Crippen molar-refractivity contribution in [1.29, 1.82) is 0 Å². The number of carbonyl (C=O) groups is 1. The summed E-state index contributed by atoms with van der Waals surface area (Å²) in [6.07, 6.45) is 2.21. The van der Waals surface area contributed by atoms with Crippen LogP contribution in [0.15, 0.2) is 42.6 Å². The van der Waals surface area contributed by atoms with Crippen LogP contribution in [0.3, 0.4) is 0 Å². The summed E-state index contributed by atoms with van der Waals surface area (Å²) in [6.45, 7) is 1.91. The van der Waals surface area contributed by atoms with E-state index in [4.69, 9.17) is 11.6 Å². The third-order valence-corrected chi connectivity index (χ3v) is 3.55. The molecule has 0 aliphatic heterocycles. The number of nitrogens with zero attached hydrogens (tertiary/aromatic N) is 2. The normalized spacial score (nSPS) is 10.9. The second kappa shape index (κ2) is 5.77. The van der Waals surface area contributed by atoms with Gasteiger partial charge in [0.2, 0.25) is 0 Å². The van der Waals surface area contributed by atoms with Crippen LogP contribution in [-0.2, 0) is 6.42 Å². The molecule has 112 valence electrons. The van der Waals surface area contributed by atoms with Crippen molar-refractivity contribution >= 4 is 28.8 Å². The van der Waals surface area contributed by atoms with E-state index >= 15 is 0 Å². The minimum absolute atomic E-state index is 0.131. The van der Waals surface area contributed by atoms with Crippen molar-refractivity contribution in [2.24, 2.45) is 0 Å². The molecule has 0 bridgehead atoms. The second-order valence-corrected chi connectivity index (χ2v) is 5.21. The van der Waals surface area contributed by atoms with Crippen LogP contribution in [0.4, 0.5) is 10.1 Å². The maximum Gasteiger partial charge on any atom is 0.274 e. The Morgan fingerprint density at radius 1 is 1.32 bits per heavy atom. The van der Waals surface area contributed by atoms with Gasteiger partial charge in [0.05, 0.1) is 16.4 Å². The van der Waals surface area contributed by atoms with Crippen LogP contribution in [0.5, 0.6) is 0 Å². The van der Waals surface area contributed by atoms with Crippen LogP contribution >= 0.6 is 11.6 Å². The molecule has 1 aromatic carbocycles. The van der Waals surface area contributed by atoms with Gasteiger partial charge < -0.3 is 5.32 Å². The molecule has 1 amide bonds. The summed E-state index contributed by atoms with van der Waals surface area (Å²) in [5, 5.41) is 3.07. The molecule has 4 nitrogen and oxygen atoms in total. The van der Waals surface area contributed by atoms with Gasteiger partial charge in [0.1, 0.15) is 17.2 Å². The first-order valence-corrected chi connectivity index (χ1v) is 7.20. The van der Waals surface area contributed by atoms with E-state index in [1.165, 1.54) is 12.1 Å². The zero-order valence-corrected chi connectivity index (χ0v) is 12.6. The zero-order valence-electron chi connectivity index (χ0n) is 11.8. The molecule has 0 atom stereocenters. The van der Waals surface area contributed by atoms with Crippen molar-refractivity contribution < 1.29 is 9.18 Å². The molecule has 2 heterocycles. The molecule has 22 heavy (non-hydrogen) atoms. The van der Waals surface area contributed by atoms with Gasteiger partial charge in [-0.15, -0.1) is 0 Å².